The number of rotatable bonds is 5. The molecular formula is C22H24N4O2S. The number of hydrogen-bond acceptors (Lipinski definition) is 4. The van der Waals surface area contributed by atoms with Crippen LogP contribution < -0.4 is 15.8 Å². The third-order valence-corrected chi connectivity index (χ3v) is 5.71. The Morgan fingerprint density at radius 2 is 1.97 bits per heavy atom. The summed E-state index contributed by atoms with van der Waals surface area (Å²) in [5.74, 6) is 0.571. The number of aromatic nitrogens is 2. The number of H-pyrrole nitrogens is 1. The van der Waals surface area contributed by atoms with Crippen LogP contribution in [0.5, 0.6) is 0 Å². The maximum atomic E-state index is 12.6. The number of amides is 1. The molecule has 2 N–H and O–H groups in total. The molecule has 7 heteroatoms. The molecule has 6 nitrogen and oxygen atoms in total. The molecule has 29 heavy (non-hydrogen) atoms. The van der Waals surface area contributed by atoms with Crippen LogP contribution in [0.1, 0.15) is 19.8 Å². The molecule has 150 valence electrons. The van der Waals surface area contributed by atoms with Gasteiger partial charge in [-0.2, -0.15) is 0 Å². The molecule has 1 unspecified atom stereocenters. The summed E-state index contributed by atoms with van der Waals surface area (Å²) in [4.78, 5) is 30.4. The molecule has 2 aromatic carbocycles. The van der Waals surface area contributed by atoms with Crippen molar-refractivity contribution in [3.8, 4) is 0 Å². The van der Waals surface area contributed by atoms with E-state index < -0.39 is 0 Å². The summed E-state index contributed by atoms with van der Waals surface area (Å²) in [6.07, 6.45) is 1.38. The number of nitrogens with zero attached hydrogens (tertiary/aromatic N) is 2. The number of benzene rings is 2. The van der Waals surface area contributed by atoms with Crippen LogP contribution in [0.3, 0.4) is 0 Å². The molecule has 1 aromatic heterocycles. The predicted molar refractivity (Wildman–Crippen MR) is 119 cm³/mol. The second-order valence-electron chi connectivity index (χ2n) is 7.62. The van der Waals surface area contributed by atoms with Gasteiger partial charge >= 0.3 is 0 Å². The lowest BCUT2D eigenvalue weighted by Gasteiger charge is -2.18. The smallest absolute Gasteiger partial charge is 0.262 e. The van der Waals surface area contributed by atoms with Gasteiger partial charge in [-0.15, -0.1) is 0 Å². The van der Waals surface area contributed by atoms with Gasteiger partial charge in [-0.05, 0) is 61.0 Å². The normalized spacial score (nSPS) is 16.3. The van der Waals surface area contributed by atoms with Gasteiger partial charge in [-0.25, -0.2) is 0 Å². The molecule has 1 aliphatic heterocycles. The van der Waals surface area contributed by atoms with Gasteiger partial charge in [0.2, 0.25) is 5.91 Å². The van der Waals surface area contributed by atoms with Gasteiger partial charge in [0.1, 0.15) is 0 Å². The molecule has 2 heterocycles. The Kier molecular flexibility index (Phi) is 5.49. The highest BCUT2D eigenvalue weighted by atomic mass is 32.1. The number of nitrogens with one attached hydrogen (secondary N) is 2. The van der Waals surface area contributed by atoms with Crippen molar-refractivity contribution in [3.05, 3.63) is 63.7 Å². The van der Waals surface area contributed by atoms with Crippen molar-refractivity contribution in [2.24, 2.45) is 5.92 Å². The molecule has 0 saturated carbocycles. The van der Waals surface area contributed by atoms with Crippen LogP contribution in [-0.4, -0.2) is 28.5 Å². The molecule has 4 rings (SSSR count). The number of aromatic amines is 1. The van der Waals surface area contributed by atoms with Gasteiger partial charge in [0.25, 0.3) is 5.56 Å². The zero-order valence-electron chi connectivity index (χ0n) is 16.4. The maximum Gasteiger partial charge on any atom is 0.262 e. The molecule has 3 aromatic rings. The molecule has 1 amide bonds. The predicted octanol–water partition coefficient (Wildman–Crippen LogP) is 3.93. The maximum absolute atomic E-state index is 12.6. The molecule has 1 atom stereocenters. The summed E-state index contributed by atoms with van der Waals surface area (Å²) < 4.78 is 1.76. The van der Waals surface area contributed by atoms with Crippen LogP contribution in [0.4, 0.5) is 11.4 Å². The van der Waals surface area contributed by atoms with Crippen molar-refractivity contribution in [1.82, 2.24) is 9.55 Å². The molecule has 0 radical (unpaired) electrons. The van der Waals surface area contributed by atoms with Gasteiger partial charge in [0.05, 0.1) is 10.9 Å². The fraction of sp³-hybridized carbons (Fsp3) is 0.318. The van der Waals surface area contributed by atoms with E-state index >= 15 is 0 Å². The Labute approximate surface area is 174 Å². The van der Waals surface area contributed by atoms with E-state index in [4.69, 9.17) is 12.2 Å². The number of hydrogen-bond donors (Lipinski definition) is 2. The summed E-state index contributed by atoms with van der Waals surface area (Å²) in [6.45, 7) is 4.65. The monoisotopic (exact) mass is 408 g/mol. The molecule has 1 saturated heterocycles. The minimum absolute atomic E-state index is 0.151. The second-order valence-corrected chi connectivity index (χ2v) is 8.00. The van der Waals surface area contributed by atoms with Crippen LogP contribution in [-0.2, 0) is 11.3 Å². The molecule has 1 aliphatic rings. The van der Waals surface area contributed by atoms with Crippen LogP contribution in [0.25, 0.3) is 10.9 Å². The van der Waals surface area contributed by atoms with Gasteiger partial charge in [0.15, 0.2) is 4.77 Å². The zero-order chi connectivity index (χ0) is 20.4. The van der Waals surface area contributed by atoms with E-state index in [1.807, 2.05) is 42.5 Å². The Bertz CT molecular complexity index is 1150. The number of fused-ring (bicyclic) bond motifs is 1. The Hall–Kier alpha value is -2.93. The molecule has 0 aliphatic carbocycles. The number of anilines is 2. The quantitative estimate of drug-likeness (QED) is 0.628. The topological polar surface area (TPSA) is 70.1 Å². The minimum atomic E-state index is -0.179. The lowest BCUT2D eigenvalue weighted by atomic mass is 10.2. The average molecular weight is 409 g/mol. The van der Waals surface area contributed by atoms with Crippen molar-refractivity contribution in [3.63, 3.8) is 0 Å². The van der Waals surface area contributed by atoms with Gasteiger partial charge < -0.3 is 15.2 Å². The van der Waals surface area contributed by atoms with E-state index in [2.05, 4.69) is 22.1 Å². The van der Waals surface area contributed by atoms with E-state index in [1.54, 1.807) is 6.07 Å². The third-order valence-electron chi connectivity index (χ3n) is 5.39. The van der Waals surface area contributed by atoms with Crippen molar-refractivity contribution in [1.29, 1.82) is 0 Å². The standard InChI is InChI=1S/C22H24N4O2S/c1-15-10-12-25(14-15)17-8-6-16(7-9-17)23-20(27)11-13-26-21(28)18-4-2-3-5-19(18)24-22(26)29/h2-9,15H,10-14H2,1H3,(H,23,27)(H,24,29). The highest BCUT2D eigenvalue weighted by Gasteiger charge is 2.18. The summed E-state index contributed by atoms with van der Waals surface area (Å²) in [5.41, 5.74) is 2.46. The third kappa shape index (κ3) is 4.24. The fourth-order valence-electron chi connectivity index (χ4n) is 3.76. The SMILES string of the molecule is CC1CCN(c2ccc(NC(=O)CCn3c(=S)[nH]c4ccccc4c3=O)cc2)C1. The van der Waals surface area contributed by atoms with E-state index in [-0.39, 0.29) is 24.4 Å². The van der Waals surface area contributed by atoms with E-state index in [1.165, 1.54) is 16.7 Å². The first-order valence-corrected chi connectivity index (χ1v) is 10.3. The number of carbonyl (C=O) groups excluding carboxylic acids is 1. The van der Waals surface area contributed by atoms with E-state index in [0.29, 0.717) is 15.7 Å². The summed E-state index contributed by atoms with van der Waals surface area (Å²) in [5, 5.41) is 3.46. The second kappa shape index (κ2) is 8.21. The number of carbonyl (C=O) groups is 1. The van der Waals surface area contributed by atoms with Crippen molar-refractivity contribution in [2.75, 3.05) is 23.3 Å². The first-order valence-electron chi connectivity index (χ1n) is 9.88. The van der Waals surface area contributed by atoms with Crippen molar-refractivity contribution in [2.45, 2.75) is 26.3 Å². The molecule has 0 bridgehead atoms. The van der Waals surface area contributed by atoms with Crippen molar-refractivity contribution >= 4 is 40.4 Å². The lowest BCUT2D eigenvalue weighted by molar-refractivity contribution is -0.116. The van der Waals surface area contributed by atoms with Crippen LogP contribution in [0.2, 0.25) is 0 Å². The highest BCUT2D eigenvalue weighted by molar-refractivity contribution is 7.71. The Balaban J connectivity index is 1.40. The van der Waals surface area contributed by atoms with Crippen LogP contribution in [0.15, 0.2) is 53.3 Å². The molecular weight excluding hydrogens is 384 g/mol. The summed E-state index contributed by atoms with van der Waals surface area (Å²) in [6, 6.07) is 15.1. The molecule has 1 fully saturated rings. The fourth-order valence-corrected chi connectivity index (χ4v) is 4.05. The zero-order valence-corrected chi connectivity index (χ0v) is 17.2. The van der Waals surface area contributed by atoms with Gasteiger partial charge in [-0.3, -0.25) is 14.2 Å². The highest BCUT2D eigenvalue weighted by Crippen LogP contribution is 2.24. The Morgan fingerprint density at radius 1 is 1.21 bits per heavy atom. The first-order chi connectivity index (χ1) is 14.0. The lowest BCUT2D eigenvalue weighted by Crippen LogP contribution is -2.25. The van der Waals surface area contributed by atoms with Gasteiger partial charge in [-0.1, -0.05) is 19.1 Å². The van der Waals surface area contributed by atoms with Gasteiger partial charge in [0, 0.05) is 37.4 Å². The summed E-state index contributed by atoms with van der Waals surface area (Å²) >= 11 is 5.29. The van der Waals surface area contributed by atoms with Crippen molar-refractivity contribution < 1.29 is 4.79 Å². The minimum Gasteiger partial charge on any atom is -0.371 e. The summed E-state index contributed by atoms with van der Waals surface area (Å²) in [7, 11) is 0. The largest absolute Gasteiger partial charge is 0.371 e. The van der Waals surface area contributed by atoms with Crippen LogP contribution >= 0.6 is 12.2 Å². The average Bonchev–Trinajstić information content (AvgIpc) is 3.15. The first kappa shape index (κ1) is 19.4. The van der Waals surface area contributed by atoms with E-state index in [0.717, 1.165) is 24.7 Å². The van der Waals surface area contributed by atoms with E-state index in [9.17, 15) is 9.59 Å². The number of para-hydroxylation sites is 1. The molecule has 0 spiro atoms. The van der Waals surface area contributed by atoms with Crippen LogP contribution in [0, 0.1) is 10.7 Å². The Morgan fingerprint density at radius 3 is 2.69 bits per heavy atom.